The van der Waals surface area contributed by atoms with Gasteiger partial charge in [-0.1, -0.05) is 18.2 Å². The minimum Gasteiger partial charge on any atom is -0.497 e. The van der Waals surface area contributed by atoms with Crippen molar-refractivity contribution < 1.29 is 19.0 Å². The fraction of sp³-hybridized carbons (Fsp3) is 0.222. The van der Waals surface area contributed by atoms with Crippen LogP contribution in [0.25, 0.3) is 0 Å². The quantitative estimate of drug-likeness (QED) is 0.585. The Morgan fingerprint density at radius 3 is 2.64 bits per heavy atom. The minimum absolute atomic E-state index is 0.185. The van der Waals surface area contributed by atoms with Gasteiger partial charge in [0.15, 0.2) is 5.11 Å². The highest BCUT2D eigenvalue weighted by Crippen LogP contribution is 2.19. The van der Waals surface area contributed by atoms with Crippen LogP contribution in [0.5, 0.6) is 11.5 Å². The molecule has 7 heteroatoms. The molecular formula is C18H20N2O4S. The standard InChI is InChI=1S/C18H20N2O4S/c1-22-10-11-24-16-9-4-3-8-15(16)17(21)20-18(25)19-13-6-5-7-14(12-13)23-2/h3-9,12H,10-11H2,1-2H3,(H2,19,20,21,25). The molecule has 0 radical (unpaired) electrons. The van der Waals surface area contributed by atoms with Gasteiger partial charge in [-0.2, -0.15) is 0 Å². The van der Waals surface area contributed by atoms with Crippen molar-refractivity contribution in [2.75, 3.05) is 32.8 Å². The molecule has 2 N–H and O–H groups in total. The van der Waals surface area contributed by atoms with Crippen LogP contribution in [0, 0.1) is 0 Å². The Labute approximate surface area is 152 Å². The van der Waals surface area contributed by atoms with Gasteiger partial charge in [0, 0.05) is 18.9 Å². The molecule has 6 nitrogen and oxygen atoms in total. The topological polar surface area (TPSA) is 68.8 Å². The lowest BCUT2D eigenvalue weighted by Crippen LogP contribution is -2.34. The lowest BCUT2D eigenvalue weighted by molar-refractivity contribution is 0.0970. The summed E-state index contributed by atoms with van der Waals surface area (Å²) in [5.41, 5.74) is 1.11. The Balaban J connectivity index is 2.00. The van der Waals surface area contributed by atoms with Crippen LogP contribution in [0.15, 0.2) is 48.5 Å². The van der Waals surface area contributed by atoms with E-state index in [9.17, 15) is 4.79 Å². The van der Waals surface area contributed by atoms with Crippen molar-refractivity contribution in [1.29, 1.82) is 0 Å². The maximum absolute atomic E-state index is 12.4. The smallest absolute Gasteiger partial charge is 0.261 e. The fourth-order valence-electron chi connectivity index (χ4n) is 2.05. The summed E-state index contributed by atoms with van der Waals surface area (Å²) in [6.45, 7) is 0.791. The molecule has 0 aliphatic carbocycles. The van der Waals surface area contributed by atoms with Crippen molar-refractivity contribution in [1.82, 2.24) is 5.32 Å². The van der Waals surface area contributed by atoms with E-state index < -0.39 is 0 Å². The zero-order valence-electron chi connectivity index (χ0n) is 14.1. The van der Waals surface area contributed by atoms with Gasteiger partial charge in [0.2, 0.25) is 0 Å². The maximum atomic E-state index is 12.4. The molecule has 132 valence electrons. The summed E-state index contributed by atoms with van der Waals surface area (Å²) in [5.74, 6) is 0.811. The summed E-state index contributed by atoms with van der Waals surface area (Å²) >= 11 is 5.20. The van der Waals surface area contributed by atoms with E-state index in [0.29, 0.717) is 36.0 Å². The zero-order chi connectivity index (χ0) is 18.1. The van der Waals surface area contributed by atoms with Crippen molar-refractivity contribution in [2.45, 2.75) is 0 Å². The van der Waals surface area contributed by atoms with E-state index in [0.717, 1.165) is 0 Å². The van der Waals surface area contributed by atoms with Gasteiger partial charge in [-0.3, -0.25) is 10.1 Å². The van der Waals surface area contributed by atoms with Crippen molar-refractivity contribution in [3.8, 4) is 11.5 Å². The molecule has 0 aliphatic heterocycles. The number of carbonyl (C=O) groups excluding carboxylic acids is 1. The zero-order valence-corrected chi connectivity index (χ0v) is 14.9. The normalized spacial score (nSPS) is 10.0. The SMILES string of the molecule is COCCOc1ccccc1C(=O)NC(=S)Nc1cccc(OC)c1. The first-order valence-corrected chi connectivity index (χ1v) is 8.02. The van der Waals surface area contributed by atoms with Crippen LogP contribution >= 0.6 is 12.2 Å². The average molecular weight is 360 g/mol. The van der Waals surface area contributed by atoms with E-state index >= 15 is 0 Å². The number of nitrogens with one attached hydrogen (secondary N) is 2. The largest absolute Gasteiger partial charge is 0.497 e. The third-order valence-corrected chi connectivity index (χ3v) is 3.44. The van der Waals surface area contributed by atoms with Crippen LogP contribution in [0.1, 0.15) is 10.4 Å². The molecule has 2 aromatic rings. The van der Waals surface area contributed by atoms with Gasteiger partial charge >= 0.3 is 0 Å². The van der Waals surface area contributed by atoms with E-state index in [-0.39, 0.29) is 11.0 Å². The number of rotatable bonds is 7. The number of methoxy groups -OCH3 is 2. The number of anilines is 1. The highest BCUT2D eigenvalue weighted by Gasteiger charge is 2.13. The van der Waals surface area contributed by atoms with Crippen LogP contribution in [0.3, 0.4) is 0 Å². The molecule has 1 amide bonds. The summed E-state index contributed by atoms with van der Waals surface area (Å²) in [7, 11) is 3.17. The van der Waals surface area contributed by atoms with E-state index in [4.69, 9.17) is 26.4 Å². The van der Waals surface area contributed by atoms with Crippen LogP contribution in [0.2, 0.25) is 0 Å². The molecule has 2 rings (SSSR count). The average Bonchev–Trinajstić information content (AvgIpc) is 2.62. The highest BCUT2D eigenvalue weighted by molar-refractivity contribution is 7.80. The molecule has 0 fully saturated rings. The van der Waals surface area contributed by atoms with Gasteiger partial charge in [0.25, 0.3) is 5.91 Å². The molecule has 0 unspecified atom stereocenters. The number of hydrogen-bond acceptors (Lipinski definition) is 5. The Kier molecular flexibility index (Phi) is 7.18. The Morgan fingerprint density at radius 1 is 1.08 bits per heavy atom. The Hall–Kier alpha value is -2.64. The van der Waals surface area contributed by atoms with Gasteiger partial charge in [0.05, 0.1) is 19.3 Å². The minimum atomic E-state index is -0.353. The number of hydrogen-bond donors (Lipinski definition) is 2. The first-order valence-electron chi connectivity index (χ1n) is 7.61. The molecule has 0 aromatic heterocycles. The van der Waals surface area contributed by atoms with E-state index in [1.807, 2.05) is 18.2 Å². The van der Waals surface area contributed by atoms with Gasteiger partial charge in [-0.05, 0) is 36.5 Å². The number of thiocarbonyl (C=S) groups is 1. The number of ether oxygens (including phenoxy) is 3. The van der Waals surface area contributed by atoms with Crippen molar-refractivity contribution in [3.05, 3.63) is 54.1 Å². The van der Waals surface area contributed by atoms with E-state index in [2.05, 4.69) is 10.6 Å². The number of carbonyl (C=O) groups is 1. The van der Waals surface area contributed by atoms with Crippen molar-refractivity contribution in [3.63, 3.8) is 0 Å². The maximum Gasteiger partial charge on any atom is 0.261 e. The van der Waals surface area contributed by atoms with Crippen LogP contribution in [0.4, 0.5) is 5.69 Å². The molecule has 0 atom stereocenters. The summed E-state index contributed by atoms with van der Waals surface area (Å²) < 4.78 is 15.7. The van der Waals surface area contributed by atoms with E-state index in [1.165, 1.54) is 0 Å². The van der Waals surface area contributed by atoms with Crippen molar-refractivity contribution >= 4 is 28.9 Å². The third-order valence-electron chi connectivity index (χ3n) is 3.23. The third kappa shape index (κ3) is 5.74. The molecule has 0 saturated heterocycles. The summed E-state index contributed by atoms with van der Waals surface area (Å²) in [6.07, 6.45) is 0. The molecule has 2 aromatic carbocycles. The monoisotopic (exact) mass is 360 g/mol. The Morgan fingerprint density at radius 2 is 1.88 bits per heavy atom. The second-order valence-electron chi connectivity index (χ2n) is 4.98. The predicted octanol–water partition coefficient (Wildman–Crippen LogP) is 2.85. The van der Waals surface area contributed by atoms with Gasteiger partial charge in [0.1, 0.15) is 18.1 Å². The Bertz CT molecular complexity index is 737. The second-order valence-corrected chi connectivity index (χ2v) is 5.39. The lowest BCUT2D eigenvalue weighted by atomic mass is 10.2. The molecule has 0 bridgehead atoms. The van der Waals surface area contributed by atoms with Crippen LogP contribution in [-0.4, -0.2) is 38.5 Å². The first kappa shape index (κ1) is 18.7. The predicted molar refractivity (Wildman–Crippen MR) is 100 cm³/mol. The van der Waals surface area contributed by atoms with Crippen molar-refractivity contribution in [2.24, 2.45) is 0 Å². The second kappa shape index (κ2) is 9.61. The van der Waals surface area contributed by atoms with Gasteiger partial charge in [-0.25, -0.2) is 0 Å². The number of amides is 1. The molecule has 0 aliphatic rings. The highest BCUT2D eigenvalue weighted by atomic mass is 32.1. The molecule has 0 heterocycles. The summed E-state index contributed by atoms with van der Waals surface area (Å²) in [6, 6.07) is 14.2. The number of para-hydroxylation sites is 1. The molecule has 25 heavy (non-hydrogen) atoms. The summed E-state index contributed by atoms with van der Waals surface area (Å²) in [4.78, 5) is 12.4. The molecule has 0 spiro atoms. The number of benzene rings is 2. The van der Waals surface area contributed by atoms with Gasteiger partial charge in [-0.15, -0.1) is 0 Å². The molecular weight excluding hydrogens is 340 g/mol. The summed E-state index contributed by atoms with van der Waals surface area (Å²) in [5, 5.41) is 5.78. The lowest BCUT2D eigenvalue weighted by Gasteiger charge is -2.13. The van der Waals surface area contributed by atoms with Crippen LogP contribution < -0.4 is 20.1 Å². The molecule has 0 saturated carbocycles. The van der Waals surface area contributed by atoms with Gasteiger partial charge < -0.3 is 19.5 Å². The van der Waals surface area contributed by atoms with Crippen LogP contribution in [-0.2, 0) is 4.74 Å². The fourth-order valence-corrected chi connectivity index (χ4v) is 2.26. The first-order chi connectivity index (χ1) is 12.1. The van der Waals surface area contributed by atoms with E-state index in [1.54, 1.807) is 44.6 Å².